The Labute approximate surface area is 167 Å². The Balaban J connectivity index is 2.00. The van der Waals surface area contributed by atoms with Crippen molar-refractivity contribution in [2.45, 2.75) is 32.5 Å². The highest BCUT2D eigenvalue weighted by molar-refractivity contribution is 5.90. The van der Waals surface area contributed by atoms with Gasteiger partial charge in [0.05, 0.1) is 16.6 Å². The van der Waals surface area contributed by atoms with Gasteiger partial charge < -0.3 is 5.32 Å². The first-order valence-electron chi connectivity index (χ1n) is 8.93. The van der Waals surface area contributed by atoms with Crippen LogP contribution >= 0.6 is 0 Å². The number of aryl methyl sites for hydroxylation is 1. The second kappa shape index (κ2) is 7.73. The zero-order chi connectivity index (χ0) is 22.2. The molecule has 1 aromatic carbocycles. The first-order chi connectivity index (χ1) is 14.0. The van der Waals surface area contributed by atoms with Gasteiger partial charge in [0.2, 0.25) is 5.91 Å². The molecule has 3 rings (SSSR count). The standard InChI is InChI=1S/C19H18F3N5O3/c1-10(2)17-13-8-11(19(20,21)22)4-5-12(13)18(30)27(25-17)9-15(28)23-14-6-7-16(29)26(3)24-14/h4-8,10H,9H2,1-3H3,(H,23,24,28). The number of halogens is 3. The third-order valence-electron chi connectivity index (χ3n) is 4.38. The Morgan fingerprint density at radius 2 is 1.80 bits per heavy atom. The minimum Gasteiger partial charge on any atom is -0.308 e. The van der Waals surface area contributed by atoms with Crippen LogP contribution in [0.15, 0.2) is 39.9 Å². The monoisotopic (exact) mass is 421 g/mol. The fourth-order valence-corrected chi connectivity index (χ4v) is 2.91. The highest BCUT2D eigenvalue weighted by Gasteiger charge is 2.31. The number of nitrogens with one attached hydrogen (secondary N) is 1. The predicted octanol–water partition coefficient (Wildman–Crippen LogP) is 2.27. The second-order valence-corrected chi connectivity index (χ2v) is 6.99. The van der Waals surface area contributed by atoms with Crippen LogP contribution in [0.5, 0.6) is 0 Å². The maximum atomic E-state index is 13.1. The summed E-state index contributed by atoms with van der Waals surface area (Å²) in [5.41, 5.74) is -1.66. The van der Waals surface area contributed by atoms with E-state index in [1.807, 2.05) is 0 Å². The smallest absolute Gasteiger partial charge is 0.308 e. The number of hydrogen-bond acceptors (Lipinski definition) is 5. The van der Waals surface area contributed by atoms with E-state index in [9.17, 15) is 27.6 Å². The molecule has 2 heterocycles. The molecule has 1 N–H and O–H groups in total. The molecule has 0 radical (unpaired) electrons. The van der Waals surface area contributed by atoms with Gasteiger partial charge in [-0.1, -0.05) is 13.8 Å². The molecular weight excluding hydrogens is 403 g/mol. The number of aromatic nitrogens is 4. The Hall–Kier alpha value is -3.50. The Kier molecular flexibility index (Phi) is 5.47. The van der Waals surface area contributed by atoms with Crippen molar-refractivity contribution in [1.29, 1.82) is 0 Å². The molecule has 0 fully saturated rings. The average Bonchev–Trinajstić information content (AvgIpc) is 2.65. The maximum Gasteiger partial charge on any atom is 0.416 e. The van der Waals surface area contributed by atoms with Crippen LogP contribution in [0.4, 0.5) is 19.0 Å². The molecule has 2 aromatic heterocycles. The van der Waals surface area contributed by atoms with Crippen LogP contribution in [0.1, 0.15) is 31.0 Å². The maximum absolute atomic E-state index is 13.1. The lowest BCUT2D eigenvalue weighted by molar-refractivity contribution is -0.137. The van der Waals surface area contributed by atoms with Gasteiger partial charge in [0.1, 0.15) is 6.54 Å². The van der Waals surface area contributed by atoms with Crippen molar-refractivity contribution in [2.24, 2.45) is 7.05 Å². The molecule has 0 aliphatic rings. The summed E-state index contributed by atoms with van der Waals surface area (Å²) in [6.07, 6.45) is -4.56. The Morgan fingerprint density at radius 1 is 1.10 bits per heavy atom. The number of fused-ring (bicyclic) bond motifs is 1. The zero-order valence-corrected chi connectivity index (χ0v) is 16.3. The Morgan fingerprint density at radius 3 is 2.40 bits per heavy atom. The largest absolute Gasteiger partial charge is 0.416 e. The van der Waals surface area contributed by atoms with E-state index in [1.54, 1.807) is 13.8 Å². The molecular formula is C19H18F3N5O3. The van der Waals surface area contributed by atoms with E-state index in [1.165, 1.54) is 19.2 Å². The van der Waals surface area contributed by atoms with E-state index in [-0.39, 0.29) is 33.8 Å². The van der Waals surface area contributed by atoms with E-state index >= 15 is 0 Å². The molecule has 30 heavy (non-hydrogen) atoms. The summed E-state index contributed by atoms with van der Waals surface area (Å²) >= 11 is 0. The second-order valence-electron chi connectivity index (χ2n) is 6.99. The van der Waals surface area contributed by atoms with Crippen molar-refractivity contribution < 1.29 is 18.0 Å². The topological polar surface area (TPSA) is 98.9 Å². The highest BCUT2D eigenvalue weighted by atomic mass is 19.4. The van der Waals surface area contributed by atoms with Gasteiger partial charge in [-0.15, -0.1) is 0 Å². The van der Waals surface area contributed by atoms with E-state index in [4.69, 9.17) is 0 Å². The number of carbonyl (C=O) groups is 1. The third kappa shape index (κ3) is 4.24. The van der Waals surface area contributed by atoms with Gasteiger partial charge in [-0.2, -0.15) is 23.4 Å². The minimum absolute atomic E-state index is 0.0368. The number of nitrogens with zero attached hydrogens (tertiary/aromatic N) is 4. The van der Waals surface area contributed by atoms with Crippen molar-refractivity contribution in [3.8, 4) is 0 Å². The summed E-state index contributed by atoms with van der Waals surface area (Å²) in [6, 6.07) is 5.36. The molecule has 0 saturated carbocycles. The summed E-state index contributed by atoms with van der Waals surface area (Å²) < 4.78 is 41.2. The Bertz CT molecular complexity index is 1240. The summed E-state index contributed by atoms with van der Waals surface area (Å²) in [7, 11) is 1.41. The molecule has 0 atom stereocenters. The van der Waals surface area contributed by atoms with Gasteiger partial charge >= 0.3 is 6.18 Å². The predicted molar refractivity (Wildman–Crippen MR) is 103 cm³/mol. The first kappa shape index (κ1) is 21.2. The molecule has 0 spiro atoms. The van der Waals surface area contributed by atoms with Crippen molar-refractivity contribution in [2.75, 3.05) is 5.32 Å². The molecule has 0 saturated heterocycles. The van der Waals surface area contributed by atoms with Crippen LogP contribution in [-0.2, 0) is 24.6 Å². The number of anilines is 1. The molecule has 11 heteroatoms. The fraction of sp³-hybridized carbons (Fsp3) is 0.316. The van der Waals surface area contributed by atoms with Gasteiger partial charge in [0, 0.05) is 18.5 Å². The van der Waals surface area contributed by atoms with Crippen LogP contribution < -0.4 is 16.4 Å². The first-order valence-corrected chi connectivity index (χ1v) is 8.93. The van der Waals surface area contributed by atoms with Crippen molar-refractivity contribution in [1.82, 2.24) is 19.6 Å². The van der Waals surface area contributed by atoms with Crippen LogP contribution in [-0.4, -0.2) is 25.5 Å². The van der Waals surface area contributed by atoms with E-state index in [0.717, 1.165) is 27.6 Å². The molecule has 0 unspecified atom stereocenters. The number of benzene rings is 1. The molecule has 0 aliphatic heterocycles. The molecule has 0 bridgehead atoms. The van der Waals surface area contributed by atoms with E-state index in [0.29, 0.717) is 0 Å². The number of alkyl halides is 3. The highest BCUT2D eigenvalue weighted by Crippen LogP contribution is 2.32. The zero-order valence-electron chi connectivity index (χ0n) is 16.3. The third-order valence-corrected chi connectivity index (χ3v) is 4.38. The lowest BCUT2D eigenvalue weighted by atomic mass is 10.0. The summed E-state index contributed by atoms with van der Waals surface area (Å²) in [5.74, 6) is -0.817. The average molecular weight is 421 g/mol. The van der Waals surface area contributed by atoms with Crippen LogP contribution in [0, 0.1) is 0 Å². The van der Waals surface area contributed by atoms with Crippen molar-refractivity contribution in [3.05, 3.63) is 62.3 Å². The molecule has 1 amide bonds. The lowest BCUT2D eigenvalue weighted by Crippen LogP contribution is -2.31. The number of carbonyl (C=O) groups excluding carboxylic acids is 1. The fourth-order valence-electron chi connectivity index (χ4n) is 2.91. The van der Waals surface area contributed by atoms with Gasteiger partial charge in [0.25, 0.3) is 11.1 Å². The number of hydrogen-bond donors (Lipinski definition) is 1. The SMILES string of the molecule is CC(C)c1nn(CC(=O)Nc2ccc(=O)n(C)n2)c(=O)c2ccc(C(F)(F)F)cc12. The number of rotatable bonds is 4. The van der Waals surface area contributed by atoms with E-state index in [2.05, 4.69) is 15.5 Å². The lowest BCUT2D eigenvalue weighted by Gasteiger charge is -2.15. The van der Waals surface area contributed by atoms with Gasteiger partial charge in [-0.3, -0.25) is 14.4 Å². The summed E-state index contributed by atoms with van der Waals surface area (Å²) in [4.78, 5) is 36.4. The van der Waals surface area contributed by atoms with Gasteiger partial charge in [-0.05, 0) is 30.2 Å². The molecule has 8 nitrogen and oxygen atoms in total. The van der Waals surface area contributed by atoms with E-state index < -0.39 is 29.8 Å². The van der Waals surface area contributed by atoms with Crippen molar-refractivity contribution >= 4 is 22.5 Å². The van der Waals surface area contributed by atoms with Crippen LogP contribution in [0.2, 0.25) is 0 Å². The molecule has 3 aromatic rings. The molecule has 0 aliphatic carbocycles. The van der Waals surface area contributed by atoms with Gasteiger partial charge in [-0.25, -0.2) is 9.36 Å². The summed E-state index contributed by atoms with van der Waals surface area (Å²) in [6.45, 7) is 2.98. The van der Waals surface area contributed by atoms with Crippen LogP contribution in [0.3, 0.4) is 0 Å². The van der Waals surface area contributed by atoms with Crippen molar-refractivity contribution in [3.63, 3.8) is 0 Å². The minimum atomic E-state index is -4.56. The van der Waals surface area contributed by atoms with Crippen LogP contribution in [0.25, 0.3) is 10.8 Å². The number of amides is 1. The summed E-state index contributed by atoms with van der Waals surface area (Å²) in [5, 5.41) is 10.6. The quantitative estimate of drug-likeness (QED) is 0.697. The van der Waals surface area contributed by atoms with Gasteiger partial charge in [0.15, 0.2) is 5.82 Å². The molecule has 158 valence electrons. The normalized spacial score (nSPS) is 11.8.